The van der Waals surface area contributed by atoms with Crippen LogP contribution in [0.1, 0.15) is 129 Å². The van der Waals surface area contributed by atoms with Gasteiger partial charge in [-0.3, -0.25) is 29.1 Å². The largest absolute Gasteiger partial charge is 0.495 e. The Morgan fingerprint density at radius 2 is 1.25 bits per heavy atom. The van der Waals surface area contributed by atoms with E-state index in [9.17, 15) is 14.4 Å². The monoisotopic (exact) mass is 1070 g/mol. The number of hydrogen-bond donors (Lipinski definition) is 1. The molecule has 0 unspecified atom stereocenters. The van der Waals surface area contributed by atoms with E-state index in [1.54, 1.807) is 36.4 Å². The number of pyridine rings is 3. The smallest absolute Gasteiger partial charge is 0.399 e. The van der Waals surface area contributed by atoms with Gasteiger partial charge in [-0.25, -0.2) is 19.9 Å². The second kappa shape index (κ2) is 21.8. The summed E-state index contributed by atoms with van der Waals surface area (Å²) in [7, 11) is 1.27. The van der Waals surface area contributed by atoms with Crippen LogP contribution >= 0.6 is 0 Å². The number of ether oxygens (including phenoxy) is 1. The van der Waals surface area contributed by atoms with E-state index in [0.29, 0.717) is 42.8 Å². The van der Waals surface area contributed by atoms with Crippen molar-refractivity contribution in [1.82, 2.24) is 38.5 Å². The number of hydrogen-bond acceptors (Lipinski definition) is 13. The zero-order chi connectivity index (χ0) is 54.0. The number of rotatable bonds is 10. The highest BCUT2D eigenvalue weighted by molar-refractivity contribution is 6.62. The number of fused-ring (bicyclic) bond motifs is 6. The first-order valence-corrected chi connectivity index (χ1v) is 28.5. The maximum absolute atomic E-state index is 13.9. The van der Waals surface area contributed by atoms with E-state index in [2.05, 4.69) is 82.9 Å². The number of amides is 2. The summed E-state index contributed by atoms with van der Waals surface area (Å²) in [6, 6.07) is 12.6. The van der Waals surface area contributed by atoms with E-state index in [1.807, 2.05) is 34.1 Å². The molecular formula is C60H77BN12O6. The van der Waals surface area contributed by atoms with Gasteiger partial charge in [0, 0.05) is 101 Å². The van der Waals surface area contributed by atoms with Crippen LogP contribution in [0.15, 0.2) is 66.0 Å². The second-order valence-corrected chi connectivity index (χ2v) is 22.9. The lowest BCUT2D eigenvalue weighted by atomic mass is 9.75. The van der Waals surface area contributed by atoms with E-state index in [0.717, 1.165) is 130 Å². The van der Waals surface area contributed by atoms with Gasteiger partial charge in [-0.2, -0.15) is 0 Å². The number of nitrogens with one attached hydrogen (secondary N) is 1. The zero-order valence-corrected chi connectivity index (χ0v) is 46.4. The Balaban J connectivity index is 0.000000179. The molecule has 3 fully saturated rings. The van der Waals surface area contributed by atoms with Crippen molar-refractivity contribution >= 4 is 53.4 Å². The van der Waals surface area contributed by atoms with E-state index in [1.165, 1.54) is 48.2 Å². The lowest BCUT2D eigenvalue weighted by molar-refractivity contribution is -0.0661. The molecule has 2 aliphatic carbocycles. The number of piperazine rings is 1. The summed E-state index contributed by atoms with van der Waals surface area (Å²) in [5.74, 6) is 2.58. The molecule has 6 aromatic heterocycles. The molecule has 5 aliphatic heterocycles. The Morgan fingerprint density at radius 1 is 0.684 bits per heavy atom. The van der Waals surface area contributed by atoms with Gasteiger partial charge in [0.1, 0.15) is 28.8 Å². The van der Waals surface area contributed by atoms with Crippen LogP contribution in [0.25, 0.3) is 11.3 Å². The van der Waals surface area contributed by atoms with Gasteiger partial charge < -0.3 is 38.0 Å². The molecule has 3 saturated heterocycles. The topological polar surface area (TPSA) is 170 Å². The van der Waals surface area contributed by atoms with Crippen molar-refractivity contribution < 1.29 is 23.6 Å². The SMILES string of the molecule is C.CCc1c(-c2cn(C)c(=O)c(Nc3ccc(N4CCN(C5COC5)CC4)nc3)n2)ccnc1N1CCn2c(cc3c2CCCC3)C1=O.CCc1c(B2OC(C)(C)C(C)(C)O2)ccnc1N1CCn2c(cc3c2CCCC3)C1=O. The second-order valence-electron chi connectivity index (χ2n) is 22.9. The number of aryl methyl sites for hydroxylation is 3. The Kier molecular flexibility index (Phi) is 15.0. The fraction of sp³-hybridized carbons (Fsp3) is 0.517. The predicted octanol–water partition coefficient (Wildman–Crippen LogP) is 7.32. The van der Waals surface area contributed by atoms with E-state index >= 15 is 0 Å². The van der Waals surface area contributed by atoms with Gasteiger partial charge in [-0.05, 0) is 150 Å². The molecule has 0 saturated carbocycles. The van der Waals surface area contributed by atoms with Crippen molar-refractivity contribution in [1.29, 1.82) is 0 Å². The van der Waals surface area contributed by atoms with Gasteiger partial charge >= 0.3 is 7.12 Å². The zero-order valence-electron chi connectivity index (χ0n) is 46.4. The summed E-state index contributed by atoms with van der Waals surface area (Å²) in [5.41, 5.74) is 11.0. The first-order valence-electron chi connectivity index (χ1n) is 28.5. The molecule has 18 nitrogen and oxygen atoms in total. The molecule has 0 radical (unpaired) electrons. The highest BCUT2D eigenvalue weighted by Gasteiger charge is 2.52. The van der Waals surface area contributed by atoms with Gasteiger partial charge in [0.05, 0.1) is 48.0 Å². The first kappa shape index (κ1) is 54.3. The van der Waals surface area contributed by atoms with Crippen LogP contribution in [0.2, 0.25) is 0 Å². The van der Waals surface area contributed by atoms with E-state index < -0.39 is 18.3 Å². The van der Waals surface area contributed by atoms with Crippen molar-refractivity contribution in [3.05, 3.63) is 117 Å². The van der Waals surface area contributed by atoms with Crippen LogP contribution in [-0.4, -0.2) is 127 Å². The molecule has 0 bridgehead atoms. The summed E-state index contributed by atoms with van der Waals surface area (Å²) in [4.78, 5) is 68.0. The van der Waals surface area contributed by atoms with Crippen LogP contribution in [0.4, 0.5) is 29.0 Å². The molecule has 0 atom stereocenters. The fourth-order valence-electron chi connectivity index (χ4n) is 12.6. The number of carbonyl (C=O) groups excluding carboxylic acids is 2. The molecule has 7 aliphatic rings. The van der Waals surface area contributed by atoms with Gasteiger partial charge in [0.15, 0.2) is 5.82 Å². The van der Waals surface area contributed by atoms with Crippen LogP contribution in [0.3, 0.4) is 0 Å². The third-order valence-electron chi connectivity index (χ3n) is 17.8. The lowest BCUT2D eigenvalue weighted by Crippen LogP contribution is -2.56. The minimum Gasteiger partial charge on any atom is -0.399 e. The number of anilines is 5. The van der Waals surface area contributed by atoms with Crippen molar-refractivity contribution in [2.24, 2.45) is 7.05 Å². The Morgan fingerprint density at radius 3 is 1.80 bits per heavy atom. The molecule has 6 aromatic rings. The Hall–Kier alpha value is -6.67. The number of aromatic nitrogens is 7. The maximum Gasteiger partial charge on any atom is 0.495 e. The van der Waals surface area contributed by atoms with Crippen molar-refractivity contribution in [2.45, 2.75) is 144 Å². The molecule has 1 N–H and O–H groups in total. The normalized spacial score (nSPS) is 19.6. The fourth-order valence-corrected chi connectivity index (χ4v) is 12.6. The van der Waals surface area contributed by atoms with Crippen molar-refractivity contribution in [3.63, 3.8) is 0 Å². The molecule has 13 rings (SSSR count). The summed E-state index contributed by atoms with van der Waals surface area (Å²) in [6.07, 6.45) is 17.5. The molecule has 0 spiro atoms. The van der Waals surface area contributed by atoms with Gasteiger partial charge in [0.2, 0.25) is 0 Å². The predicted molar refractivity (Wildman–Crippen MR) is 310 cm³/mol. The average Bonchev–Trinajstić information content (AvgIpc) is 4.14. The molecule has 416 valence electrons. The van der Waals surface area contributed by atoms with Crippen molar-refractivity contribution in [2.75, 3.05) is 72.5 Å². The quantitative estimate of drug-likeness (QED) is 0.136. The number of nitrogens with zero attached hydrogens (tertiary/aromatic N) is 11. The van der Waals surface area contributed by atoms with Crippen LogP contribution in [0, 0.1) is 0 Å². The summed E-state index contributed by atoms with van der Waals surface area (Å²) >= 11 is 0. The van der Waals surface area contributed by atoms with Crippen LogP contribution in [-0.2, 0) is 72.7 Å². The molecule has 19 heteroatoms. The van der Waals surface area contributed by atoms with Crippen LogP contribution in [0.5, 0.6) is 0 Å². The Bertz CT molecular complexity index is 3320. The summed E-state index contributed by atoms with van der Waals surface area (Å²) in [5, 5.41) is 3.22. The Labute approximate surface area is 464 Å². The third kappa shape index (κ3) is 9.88. The standard InChI is InChI=1S/C35H41N9O3.C24H32BN3O3.CH4/c1-3-26-27(10-11-36-33(26)44-17-16-43-29-7-5-4-6-23(29)18-30(43)34(44)45)28-20-40(2)35(46)32(39-28)38-24-8-9-31(37-19-24)42-14-12-41(13-15-42)25-21-47-22-25;1-6-17-18(25-30-23(2,3)24(4,5)31-25)11-12-26-21(17)28-14-13-27-19-10-8-7-9-16(19)15-20(27)22(28)29;/h8-11,18-20,25H,3-7,12-17,21-22H2,1-2H3,(H,38,39);11-12,15H,6-10,13-14H2,1-5H3;1H4. The minimum atomic E-state index is -0.460. The highest BCUT2D eigenvalue weighted by Crippen LogP contribution is 2.39. The summed E-state index contributed by atoms with van der Waals surface area (Å²) in [6.45, 7) is 20.7. The molecule has 0 aromatic carbocycles. The van der Waals surface area contributed by atoms with Crippen LogP contribution < -0.4 is 31.0 Å². The van der Waals surface area contributed by atoms with Gasteiger partial charge in [-0.15, -0.1) is 0 Å². The van der Waals surface area contributed by atoms with E-state index in [-0.39, 0.29) is 30.6 Å². The third-order valence-corrected chi connectivity index (χ3v) is 17.8. The molecular weight excluding hydrogens is 996 g/mol. The summed E-state index contributed by atoms with van der Waals surface area (Å²) < 4.78 is 24.0. The molecule has 11 heterocycles. The first-order chi connectivity index (χ1) is 37.7. The van der Waals surface area contributed by atoms with Gasteiger partial charge in [-0.1, -0.05) is 21.3 Å². The average molecular weight is 1070 g/mol. The van der Waals surface area contributed by atoms with Crippen molar-refractivity contribution in [3.8, 4) is 11.3 Å². The van der Waals surface area contributed by atoms with E-state index in [4.69, 9.17) is 29.0 Å². The highest BCUT2D eigenvalue weighted by atomic mass is 16.7. The minimum absolute atomic E-state index is 0. The lowest BCUT2D eigenvalue weighted by Gasteiger charge is -2.42. The van der Waals surface area contributed by atoms with Gasteiger partial charge in [0.25, 0.3) is 17.4 Å². The molecule has 79 heavy (non-hydrogen) atoms. The maximum atomic E-state index is 13.9. The molecule has 2 amide bonds. The number of carbonyl (C=O) groups is 2.